The average Bonchev–Trinajstić information content (AvgIpc) is 3.36. The van der Waals surface area contributed by atoms with Crippen LogP contribution in [-0.4, -0.2) is 9.97 Å². The summed E-state index contributed by atoms with van der Waals surface area (Å²) in [6, 6.07) is 43.2. The predicted octanol–water partition coefficient (Wildman–Crippen LogP) is 9.28. The van der Waals surface area contributed by atoms with Gasteiger partial charge in [0, 0.05) is 37.9 Å². The molecule has 0 N–H and O–H groups in total. The molecule has 3 heterocycles. The number of aromatic nitrogens is 2. The maximum atomic E-state index is 6.09. The Morgan fingerprint density at radius 2 is 1.38 bits per heavy atom. The zero-order chi connectivity index (χ0) is 26.6. The molecule has 0 bridgehead atoms. The standard InChI is InChI=1S/C19H14NO.C17H12N.Ir/c1-12-6-7-14-15-4-3-5-16(19(15)21-18(14)11-12)17-10-13(2)8-9-20-17;1-2-7-14(8-3-1)15-9-6-10-16(13-15)17-11-4-5-12-18-17;/h3-4,6-11H,1-2H3;1-9,11-13H;/q2*-1;. The second kappa shape index (κ2) is 12.2. The van der Waals surface area contributed by atoms with Crippen LogP contribution in [0, 0.1) is 26.0 Å². The molecule has 0 atom stereocenters. The molecule has 0 aliphatic rings. The van der Waals surface area contributed by atoms with Crippen LogP contribution >= 0.6 is 0 Å². The van der Waals surface area contributed by atoms with Crippen molar-refractivity contribution in [3.8, 4) is 33.6 Å². The van der Waals surface area contributed by atoms with Crippen LogP contribution in [-0.2, 0) is 20.1 Å². The maximum absolute atomic E-state index is 6.09. The number of furan rings is 1. The number of hydrogen-bond donors (Lipinski definition) is 0. The van der Waals surface area contributed by atoms with Crippen LogP contribution in [0.3, 0.4) is 0 Å². The van der Waals surface area contributed by atoms with Gasteiger partial charge < -0.3 is 14.4 Å². The largest absolute Gasteiger partial charge is 0.501 e. The zero-order valence-corrected chi connectivity index (χ0v) is 24.6. The summed E-state index contributed by atoms with van der Waals surface area (Å²) in [4.78, 5) is 8.81. The van der Waals surface area contributed by atoms with Crippen LogP contribution < -0.4 is 0 Å². The summed E-state index contributed by atoms with van der Waals surface area (Å²) in [6.45, 7) is 4.13. The van der Waals surface area contributed by atoms with Crippen molar-refractivity contribution in [2.24, 2.45) is 0 Å². The van der Waals surface area contributed by atoms with Gasteiger partial charge in [-0.15, -0.1) is 53.6 Å². The summed E-state index contributed by atoms with van der Waals surface area (Å²) < 4.78 is 6.09. The van der Waals surface area contributed by atoms with Crippen molar-refractivity contribution >= 4 is 21.9 Å². The maximum Gasteiger partial charge on any atom is 0.121 e. The molecule has 0 aliphatic heterocycles. The summed E-state index contributed by atoms with van der Waals surface area (Å²) in [5.74, 6) is 0. The Morgan fingerprint density at radius 1 is 0.600 bits per heavy atom. The first-order valence-electron chi connectivity index (χ1n) is 12.9. The van der Waals surface area contributed by atoms with Crippen LogP contribution in [0.1, 0.15) is 11.1 Å². The Morgan fingerprint density at radius 3 is 2.17 bits per heavy atom. The van der Waals surface area contributed by atoms with Gasteiger partial charge in [0.2, 0.25) is 0 Å². The predicted molar refractivity (Wildman–Crippen MR) is 159 cm³/mol. The number of nitrogens with zero attached hydrogens (tertiary/aromatic N) is 2. The van der Waals surface area contributed by atoms with Crippen molar-refractivity contribution in [2.75, 3.05) is 0 Å². The molecule has 0 saturated heterocycles. The number of aryl methyl sites for hydroxylation is 2. The summed E-state index contributed by atoms with van der Waals surface area (Å²) >= 11 is 0. The third-order valence-electron chi connectivity index (χ3n) is 6.61. The molecule has 0 unspecified atom stereocenters. The minimum atomic E-state index is 0. The fraction of sp³-hybridized carbons (Fsp3) is 0.0556. The molecule has 0 saturated carbocycles. The third kappa shape index (κ3) is 5.79. The van der Waals surface area contributed by atoms with E-state index in [-0.39, 0.29) is 20.1 Å². The minimum absolute atomic E-state index is 0. The van der Waals surface area contributed by atoms with E-state index in [1.807, 2.05) is 60.8 Å². The number of benzene rings is 4. The first-order valence-corrected chi connectivity index (χ1v) is 12.9. The van der Waals surface area contributed by atoms with Gasteiger partial charge in [0.1, 0.15) is 5.58 Å². The molecule has 7 aromatic rings. The van der Waals surface area contributed by atoms with Crippen molar-refractivity contribution in [1.82, 2.24) is 9.97 Å². The SMILES string of the molecule is Cc1ccnc(-c2[c-]ccc3c2oc2cc(C)ccc23)c1.[Ir].[c-]1ccc(-c2ccccc2)cc1-c1ccccn1. The average molecular weight is 695 g/mol. The molecule has 40 heavy (non-hydrogen) atoms. The van der Waals surface area contributed by atoms with E-state index in [9.17, 15) is 0 Å². The van der Waals surface area contributed by atoms with Gasteiger partial charge in [0.15, 0.2) is 0 Å². The Hall–Kier alpha value is -4.37. The smallest absolute Gasteiger partial charge is 0.121 e. The van der Waals surface area contributed by atoms with Gasteiger partial charge in [0.05, 0.1) is 5.58 Å². The van der Waals surface area contributed by atoms with Crippen LogP contribution in [0.4, 0.5) is 0 Å². The molecule has 0 fully saturated rings. The van der Waals surface area contributed by atoms with Crippen molar-refractivity contribution in [3.63, 3.8) is 0 Å². The van der Waals surface area contributed by atoms with Crippen molar-refractivity contribution in [1.29, 1.82) is 0 Å². The van der Waals surface area contributed by atoms with Gasteiger partial charge in [-0.25, -0.2) is 0 Å². The minimum Gasteiger partial charge on any atom is -0.501 e. The summed E-state index contributed by atoms with van der Waals surface area (Å²) in [6.07, 6.45) is 3.63. The number of hydrogen-bond acceptors (Lipinski definition) is 3. The number of rotatable bonds is 3. The molecule has 1 radical (unpaired) electrons. The van der Waals surface area contributed by atoms with Crippen LogP contribution in [0.15, 0.2) is 126 Å². The Bertz CT molecular complexity index is 1820. The quantitative estimate of drug-likeness (QED) is 0.173. The molecule has 0 aliphatic carbocycles. The third-order valence-corrected chi connectivity index (χ3v) is 6.61. The van der Waals surface area contributed by atoms with Gasteiger partial charge >= 0.3 is 0 Å². The van der Waals surface area contributed by atoms with E-state index < -0.39 is 0 Å². The molecule has 197 valence electrons. The van der Waals surface area contributed by atoms with Crippen molar-refractivity contribution in [2.45, 2.75) is 13.8 Å². The fourth-order valence-corrected chi connectivity index (χ4v) is 4.66. The summed E-state index contributed by atoms with van der Waals surface area (Å²) in [5.41, 5.74) is 10.3. The van der Waals surface area contributed by atoms with Crippen molar-refractivity contribution in [3.05, 3.63) is 145 Å². The molecule has 3 nitrogen and oxygen atoms in total. The van der Waals surface area contributed by atoms with Crippen LogP contribution in [0.5, 0.6) is 0 Å². The molecular weight excluding hydrogens is 669 g/mol. The van der Waals surface area contributed by atoms with E-state index in [1.54, 1.807) is 6.20 Å². The van der Waals surface area contributed by atoms with Crippen LogP contribution in [0.25, 0.3) is 55.6 Å². The normalized spacial score (nSPS) is 10.6. The second-order valence-corrected chi connectivity index (χ2v) is 9.49. The van der Waals surface area contributed by atoms with Gasteiger partial charge in [0.25, 0.3) is 0 Å². The van der Waals surface area contributed by atoms with E-state index in [4.69, 9.17) is 4.42 Å². The van der Waals surface area contributed by atoms with Gasteiger partial charge in [-0.1, -0.05) is 77.2 Å². The first-order chi connectivity index (χ1) is 19.2. The summed E-state index contributed by atoms with van der Waals surface area (Å²) in [7, 11) is 0. The van der Waals surface area contributed by atoms with E-state index >= 15 is 0 Å². The molecule has 4 aromatic carbocycles. The van der Waals surface area contributed by atoms with E-state index in [1.165, 1.54) is 22.3 Å². The van der Waals surface area contributed by atoms with E-state index in [0.29, 0.717) is 0 Å². The topological polar surface area (TPSA) is 38.9 Å². The molecule has 3 aromatic heterocycles. The number of pyridine rings is 2. The zero-order valence-electron chi connectivity index (χ0n) is 22.2. The van der Waals surface area contributed by atoms with Crippen LogP contribution in [0.2, 0.25) is 0 Å². The molecule has 7 rings (SSSR count). The molecule has 0 amide bonds. The summed E-state index contributed by atoms with van der Waals surface area (Å²) in [5, 5.41) is 2.25. The van der Waals surface area contributed by atoms with Gasteiger partial charge in [-0.05, 0) is 54.6 Å². The monoisotopic (exact) mass is 695 g/mol. The van der Waals surface area contributed by atoms with E-state index in [2.05, 4.69) is 90.5 Å². The number of fused-ring (bicyclic) bond motifs is 3. The van der Waals surface area contributed by atoms with E-state index in [0.717, 1.165) is 44.5 Å². The second-order valence-electron chi connectivity index (χ2n) is 9.49. The molecule has 0 spiro atoms. The first kappa shape index (κ1) is 27.2. The fourth-order valence-electron chi connectivity index (χ4n) is 4.66. The molecular formula is C36H26IrN2O-2. The molecule has 4 heteroatoms. The van der Waals surface area contributed by atoms with Gasteiger partial charge in [-0.2, -0.15) is 0 Å². The Kier molecular flexibility index (Phi) is 8.31. The van der Waals surface area contributed by atoms with Crippen molar-refractivity contribution < 1.29 is 24.5 Å². The Labute approximate surface area is 247 Å². The Balaban J connectivity index is 0.000000159. The van der Waals surface area contributed by atoms with Gasteiger partial charge in [-0.3, -0.25) is 0 Å².